The van der Waals surface area contributed by atoms with Crippen LogP contribution in [0.15, 0.2) is 24.3 Å². The fourth-order valence-electron chi connectivity index (χ4n) is 3.74. The number of nitrogens with one attached hydrogen (secondary N) is 1. The number of unbranched alkanes of at least 4 members (excludes halogenated alkanes) is 12. The maximum Gasteiger partial charge on any atom is 0.219 e. The molecule has 190 valence electrons. The lowest BCUT2D eigenvalue weighted by Gasteiger charge is -2.07. The molecule has 0 aromatic heterocycles. The van der Waals surface area contributed by atoms with Gasteiger partial charge in [-0.15, -0.1) is 0 Å². The van der Waals surface area contributed by atoms with Crippen molar-refractivity contribution in [1.29, 1.82) is 0 Å². The molecule has 0 aliphatic heterocycles. The Labute approximate surface area is 207 Å². The van der Waals surface area contributed by atoms with Gasteiger partial charge in [-0.05, 0) is 67.9 Å². The van der Waals surface area contributed by atoms with Crippen LogP contribution in [0.2, 0.25) is 0 Å². The van der Waals surface area contributed by atoms with Crippen molar-refractivity contribution in [3.8, 4) is 11.5 Å². The third-order valence-electron chi connectivity index (χ3n) is 5.83. The van der Waals surface area contributed by atoms with Gasteiger partial charge in [-0.1, -0.05) is 71.1 Å². The van der Waals surface area contributed by atoms with Gasteiger partial charge in [0.15, 0.2) is 0 Å². The minimum Gasteiger partial charge on any atom is -0.508 e. The number of hydrogen-bond acceptors (Lipinski definition) is 4. The first-order valence-corrected chi connectivity index (χ1v) is 14.6. The van der Waals surface area contributed by atoms with E-state index in [-0.39, 0.29) is 11.7 Å². The van der Waals surface area contributed by atoms with Crippen LogP contribution in [-0.4, -0.2) is 35.7 Å². The van der Waals surface area contributed by atoms with Crippen molar-refractivity contribution in [2.24, 2.45) is 0 Å². The van der Waals surface area contributed by atoms with Crippen LogP contribution in [0.5, 0.6) is 11.5 Å². The molecule has 0 spiro atoms. The summed E-state index contributed by atoms with van der Waals surface area (Å²) in [6.07, 6.45) is 19.5. The van der Waals surface area contributed by atoms with Crippen molar-refractivity contribution < 1.29 is 14.6 Å². The Morgan fingerprint density at radius 3 is 2.06 bits per heavy atom. The average molecular weight is 480 g/mol. The summed E-state index contributed by atoms with van der Waals surface area (Å²) in [4.78, 5) is 11.9. The molecule has 0 bridgehead atoms. The molecule has 5 heteroatoms. The molecule has 4 nitrogen and oxygen atoms in total. The van der Waals surface area contributed by atoms with Crippen LogP contribution in [-0.2, 0) is 4.79 Å². The second kappa shape index (κ2) is 22.4. The van der Waals surface area contributed by atoms with E-state index >= 15 is 0 Å². The zero-order chi connectivity index (χ0) is 23.8. The highest BCUT2D eigenvalue weighted by Crippen LogP contribution is 2.16. The van der Waals surface area contributed by atoms with Crippen LogP contribution in [0.1, 0.15) is 110 Å². The zero-order valence-corrected chi connectivity index (χ0v) is 21.9. The molecule has 0 unspecified atom stereocenters. The normalized spacial score (nSPS) is 10.9. The number of ether oxygens (including phenoxy) is 1. The summed E-state index contributed by atoms with van der Waals surface area (Å²) in [5.74, 6) is 3.81. The van der Waals surface area contributed by atoms with Gasteiger partial charge in [0.2, 0.25) is 5.91 Å². The van der Waals surface area contributed by atoms with Crippen molar-refractivity contribution in [1.82, 2.24) is 5.32 Å². The molecule has 1 aromatic rings. The second-order valence-corrected chi connectivity index (χ2v) is 10.2. The number of phenols is 1. The third-order valence-corrected chi connectivity index (χ3v) is 6.99. The van der Waals surface area contributed by atoms with Gasteiger partial charge in [0, 0.05) is 13.0 Å². The van der Waals surface area contributed by atoms with Gasteiger partial charge in [0.05, 0.1) is 6.61 Å². The molecular weight excluding hydrogens is 430 g/mol. The fraction of sp³-hybridized carbons (Fsp3) is 0.750. The topological polar surface area (TPSA) is 58.6 Å². The van der Waals surface area contributed by atoms with Crippen LogP contribution >= 0.6 is 11.8 Å². The monoisotopic (exact) mass is 479 g/mol. The molecule has 0 aliphatic carbocycles. The number of rotatable bonds is 23. The van der Waals surface area contributed by atoms with E-state index in [2.05, 4.69) is 24.0 Å². The molecule has 1 rings (SSSR count). The van der Waals surface area contributed by atoms with E-state index in [1.807, 2.05) is 0 Å². The van der Waals surface area contributed by atoms with E-state index in [9.17, 15) is 9.90 Å². The highest BCUT2D eigenvalue weighted by molar-refractivity contribution is 7.99. The maximum absolute atomic E-state index is 11.9. The number of thioether (sulfide) groups is 1. The second-order valence-electron chi connectivity index (χ2n) is 9.00. The van der Waals surface area contributed by atoms with Crippen LogP contribution in [0, 0.1) is 0 Å². The lowest BCUT2D eigenvalue weighted by atomic mass is 10.1. The van der Waals surface area contributed by atoms with Gasteiger partial charge in [0.1, 0.15) is 11.5 Å². The van der Waals surface area contributed by atoms with Crippen molar-refractivity contribution in [2.45, 2.75) is 110 Å². The van der Waals surface area contributed by atoms with Gasteiger partial charge in [-0.2, -0.15) is 11.8 Å². The number of benzene rings is 1. The van der Waals surface area contributed by atoms with Gasteiger partial charge >= 0.3 is 0 Å². The van der Waals surface area contributed by atoms with Gasteiger partial charge in [0.25, 0.3) is 0 Å². The molecular formula is C28H49NO3S. The molecule has 1 amide bonds. The van der Waals surface area contributed by atoms with Gasteiger partial charge in [-0.3, -0.25) is 4.79 Å². The average Bonchev–Trinajstić information content (AvgIpc) is 2.82. The van der Waals surface area contributed by atoms with Crippen LogP contribution in [0.25, 0.3) is 0 Å². The summed E-state index contributed by atoms with van der Waals surface area (Å²) < 4.78 is 5.64. The first-order chi connectivity index (χ1) is 16.2. The maximum atomic E-state index is 11.9. The SMILES string of the molecule is CCCCCCCCCCSCCCCCC(=O)NCCCCCCOc1ccc(O)cc1. The molecule has 1 aromatic carbocycles. The van der Waals surface area contributed by atoms with Crippen LogP contribution < -0.4 is 10.1 Å². The third kappa shape index (κ3) is 19.8. The highest BCUT2D eigenvalue weighted by atomic mass is 32.2. The van der Waals surface area contributed by atoms with E-state index in [0.717, 1.165) is 44.4 Å². The summed E-state index contributed by atoms with van der Waals surface area (Å²) in [6, 6.07) is 6.83. The molecule has 0 saturated carbocycles. The quantitative estimate of drug-likeness (QED) is 0.157. The number of phenolic OH excluding ortho intramolecular Hbond substituents is 1. The van der Waals surface area contributed by atoms with Crippen LogP contribution in [0.3, 0.4) is 0 Å². The van der Waals surface area contributed by atoms with E-state index in [4.69, 9.17) is 4.74 Å². The molecule has 0 aliphatic rings. The molecule has 0 fully saturated rings. The Hall–Kier alpha value is -1.36. The molecule has 0 atom stereocenters. The first-order valence-electron chi connectivity index (χ1n) is 13.5. The number of hydrogen-bond donors (Lipinski definition) is 2. The highest BCUT2D eigenvalue weighted by Gasteiger charge is 2.01. The van der Waals surface area contributed by atoms with E-state index in [0.29, 0.717) is 13.0 Å². The predicted molar refractivity (Wildman–Crippen MR) is 143 cm³/mol. The summed E-state index contributed by atoms with van der Waals surface area (Å²) in [5, 5.41) is 12.3. The number of amides is 1. The molecule has 0 saturated heterocycles. The summed E-state index contributed by atoms with van der Waals surface area (Å²) in [7, 11) is 0. The Kier molecular flexibility index (Phi) is 20.2. The van der Waals surface area contributed by atoms with Crippen molar-refractivity contribution in [3.63, 3.8) is 0 Å². The van der Waals surface area contributed by atoms with E-state index in [1.54, 1.807) is 24.3 Å². The summed E-state index contributed by atoms with van der Waals surface area (Å²) in [6.45, 7) is 3.75. The standard InChI is InChI=1S/C28H49NO3S/c1-2-3-4-5-6-7-10-15-24-33-25-16-11-12-17-28(31)29-22-13-8-9-14-23-32-27-20-18-26(30)19-21-27/h18-21,30H,2-17,22-25H2,1H3,(H,29,31). The summed E-state index contributed by atoms with van der Waals surface area (Å²) in [5.41, 5.74) is 0. The zero-order valence-electron chi connectivity index (χ0n) is 21.1. The Morgan fingerprint density at radius 1 is 0.788 bits per heavy atom. The number of carbonyl (C=O) groups is 1. The van der Waals surface area contributed by atoms with E-state index in [1.165, 1.54) is 75.7 Å². The lowest BCUT2D eigenvalue weighted by molar-refractivity contribution is -0.121. The minimum absolute atomic E-state index is 0.206. The van der Waals surface area contributed by atoms with Gasteiger partial charge in [-0.25, -0.2) is 0 Å². The Bertz CT molecular complexity index is 565. The molecule has 2 N–H and O–H groups in total. The van der Waals surface area contributed by atoms with E-state index < -0.39 is 0 Å². The lowest BCUT2D eigenvalue weighted by Crippen LogP contribution is -2.24. The van der Waals surface area contributed by atoms with Crippen LogP contribution in [0.4, 0.5) is 0 Å². The fourth-order valence-corrected chi connectivity index (χ4v) is 4.76. The van der Waals surface area contributed by atoms with Crippen molar-refractivity contribution in [3.05, 3.63) is 24.3 Å². The van der Waals surface area contributed by atoms with Crippen molar-refractivity contribution >= 4 is 17.7 Å². The first kappa shape index (κ1) is 29.7. The number of aromatic hydroxyl groups is 1. The molecule has 0 radical (unpaired) electrons. The Morgan fingerprint density at radius 2 is 1.36 bits per heavy atom. The molecule has 0 heterocycles. The van der Waals surface area contributed by atoms with Crippen molar-refractivity contribution in [2.75, 3.05) is 24.7 Å². The number of carbonyl (C=O) groups excluding carboxylic acids is 1. The van der Waals surface area contributed by atoms with Gasteiger partial charge < -0.3 is 15.2 Å². The predicted octanol–water partition coefficient (Wildman–Crippen LogP) is 7.88. The largest absolute Gasteiger partial charge is 0.508 e. The molecule has 33 heavy (non-hydrogen) atoms. The summed E-state index contributed by atoms with van der Waals surface area (Å²) >= 11 is 2.09. The Balaban J connectivity index is 1.75. The smallest absolute Gasteiger partial charge is 0.219 e. The minimum atomic E-state index is 0.206.